The first-order chi connectivity index (χ1) is 15.6. The van der Waals surface area contributed by atoms with Gasteiger partial charge in [-0.25, -0.2) is 12.8 Å². The van der Waals surface area contributed by atoms with E-state index in [1.54, 1.807) is 31.2 Å². The molecule has 1 aliphatic heterocycles. The Balaban J connectivity index is 1.58. The summed E-state index contributed by atoms with van der Waals surface area (Å²) in [5, 5.41) is 5.25. The highest BCUT2D eigenvalue weighted by Gasteiger charge is 2.32. The molecular formula is C23H21FN4O4S. The van der Waals surface area contributed by atoms with Gasteiger partial charge < -0.3 is 10.6 Å². The highest BCUT2D eigenvalue weighted by atomic mass is 32.2. The van der Waals surface area contributed by atoms with Crippen molar-refractivity contribution in [1.82, 2.24) is 4.98 Å². The molecule has 2 aromatic carbocycles. The van der Waals surface area contributed by atoms with Crippen molar-refractivity contribution in [2.24, 2.45) is 0 Å². The fourth-order valence-electron chi connectivity index (χ4n) is 3.86. The van der Waals surface area contributed by atoms with Crippen molar-refractivity contribution in [3.8, 4) is 0 Å². The molecule has 4 rings (SSSR count). The van der Waals surface area contributed by atoms with Crippen LogP contribution in [0.5, 0.6) is 0 Å². The summed E-state index contributed by atoms with van der Waals surface area (Å²) in [6, 6.07) is 12.9. The minimum atomic E-state index is -3.45. The average Bonchev–Trinajstić information content (AvgIpc) is 3.11. The molecule has 2 N–H and O–H groups in total. The number of sulfonamides is 1. The molecule has 1 unspecified atom stereocenters. The van der Waals surface area contributed by atoms with Crippen molar-refractivity contribution in [2.75, 3.05) is 21.2 Å². The quantitative estimate of drug-likeness (QED) is 0.596. The third-order valence-corrected chi connectivity index (χ3v) is 6.50. The smallest absolute Gasteiger partial charge is 0.274 e. The van der Waals surface area contributed by atoms with Crippen LogP contribution in [-0.4, -0.2) is 37.5 Å². The number of anilines is 3. The number of hydrogen-bond donors (Lipinski definition) is 2. The lowest BCUT2D eigenvalue weighted by molar-refractivity contribution is 0.101. The number of nitrogens with zero attached hydrogens (tertiary/aromatic N) is 2. The molecule has 0 saturated carbocycles. The molecule has 8 nitrogen and oxygen atoms in total. The first-order valence-corrected chi connectivity index (χ1v) is 11.9. The van der Waals surface area contributed by atoms with Crippen LogP contribution in [0, 0.1) is 5.82 Å². The maximum Gasteiger partial charge on any atom is 0.274 e. The van der Waals surface area contributed by atoms with E-state index in [9.17, 15) is 22.4 Å². The van der Waals surface area contributed by atoms with Gasteiger partial charge in [-0.05, 0) is 67.4 Å². The van der Waals surface area contributed by atoms with Crippen molar-refractivity contribution in [2.45, 2.75) is 19.4 Å². The molecule has 0 aliphatic carbocycles. The van der Waals surface area contributed by atoms with Gasteiger partial charge in [-0.15, -0.1) is 0 Å². The van der Waals surface area contributed by atoms with E-state index in [1.165, 1.54) is 34.8 Å². The first-order valence-electron chi connectivity index (χ1n) is 10.1. The van der Waals surface area contributed by atoms with Gasteiger partial charge in [0.25, 0.3) is 11.8 Å². The van der Waals surface area contributed by atoms with Crippen LogP contribution >= 0.6 is 0 Å². The molecule has 2 heterocycles. The number of halogens is 1. The molecule has 10 heteroatoms. The molecule has 3 aromatic rings. The summed E-state index contributed by atoms with van der Waals surface area (Å²) in [7, 11) is -3.45. The summed E-state index contributed by atoms with van der Waals surface area (Å²) in [5.74, 6) is -1.63. The maximum atomic E-state index is 13.9. The monoisotopic (exact) mass is 468 g/mol. The van der Waals surface area contributed by atoms with Crippen LogP contribution in [0.4, 0.5) is 21.5 Å². The first kappa shape index (κ1) is 22.4. The molecule has 0 bridgehead atoms. The molecule has 0 saturated heterocycles. The highest BCUT2D eigenvalue weighted by molar-refractivity contribution is 7.92. The van der Waals surface area contributed by atoms with Gasteiger partial charge in [-0.2, -0.15) is 0 Å². The second-order valence-corrected chi connectivity index (χ2v) is 9.63. The fraction of sp³-hybridized carbons (Fsp3) is 0.174. The van der Waals surface area contributed by atoms with Gasteiger partial charge in [-0.1, -0.05) is 6.07 Å². The van der Waals surface area contributed by atoms with E-state index >= 15 is 0 Å². The van der Waals surface area contributed by atoms with Gasteiger partial charge in [0.1, 0.15) is 11.5 Å². The fourth-order valence-corrected chi connectivity index (χ4v) is 5.12. The molecule has 0 radical (unpaired) electrons. The van der Waals surface area contributed by atoms with Crippen molar-refractivity contribution < 1.29 is 22.4 Å². The molecule has 1 aromatic heterocycles. The molecule has 2 amide bonds. The van der Waals surface area contributed by atoms with Crippen LogP contribution in [0.15, 0.2) is 60.8 Å². The van der Waals surface area contributed by atoms with Gasteiger partial charge in [0.15, 0.2) is 0 Å². The van der Waals surface area contributed by atoms with E-state index < -0.39 is 27.7 Å². The molecule has 0 spiro atoms. The summed E-state index contributed by atoms with van der Waals surface area (Å²) in [6.07, 6.45) is 3.08. The zero-order valence-electron chi connectivity index (χ0n) is 17.9. The summed E-state index contributed by atoms with van der Waals surface area (Å²) >= 11 is 0. The number of nitrogens with one attached hydrogen (secondary N) is 2. The molecule has 33 heavy (non-hydrogen) atoms. The second-order valence-electron chi connectivity index (χ2n) is 7.77. The Kier molecular flexibility index (Phi) is 5.86. The number of benzene rings is 2. The number of rotatable bonds is 5. The number of carbonyl (C=O) groups excluding carboxylic acids is 2. The summed E-state index contributed by atoms with van der Waals surface area (Å²) < 4.78 is 39.4. The van der Waals surface area contributed by atoms with Gasteiger partial charge in [-0.3, -0.25) is 18.9 Å². The van der Waals surface area contributed by atoms with Gasteiger partial charge in [0, 0.05) is 17.8 Å². The van der Waals surface area contributed by atoms with Crippen LogP contribution in [0.1, 0.15) is 33.3 Å². The third kappa shape index (κ3) is 4.70. The molecule has 1 aliphatic rings. The van der Waals surface area contributed by atoms with Crippen LogP contribution in [-0.2, 0) is 16.4 Å². The Morgan fingerprint density at radius 3 is 2.48 bits per heavy atom. The molecular weight excluding hydrogens is 447 g/mol. The van der Waals surface area contributed by atoms with E-state index in [1.807, 2.05) is 0 Å². The predicted molar refractivity (Wildman–Crippen MR) is 123 cm³/mol. The van der Waals surface area contributed by atoms with Crippen molar-refractivity contribution in [1.29, 1.82) is 0 Å². The van der Waals surface area contributed by atoms with Crippen LogP contribution in [0.3, 0.4) is 0 Å². The maximum absolute atomic E-state index is 13.9. The molecule has 170 valence electrons. The van der Waals surface area contributed by atoms with E-state index in [0.717, 1.165) is 17.9 Å². The average molecular weight is 469 g/mol. The minimum absolute atomic E-state index is 0.0795. The highest BCUT2D eigenvalue weighted by Crippen LogP contribution is 2.35. The van der Waals surface area contributed by atoms with Crippen molar-refractivity contribution in [3.05, 3.63) is 83.4 Å². The van der Waals surface area contributed by atoms with Gasteiger partial charge in [0.05, 0.1) is 23.3 Å². The molecule has 1 atom stereocenters. The van der Waals surface area contributed by atoms with Crippen LogP contribution in [0.2, 0.25) is 0 Å². The van der Waals surface area contributed by atoms with E-state index in [2.05, 4.69) is 15.6 Å². The Bertz CT molecular complexity index is 1350. The zero-order valence-corrected chi connectivity index (χ0v) is 18.7. The Morgan fingerprint density at radius 2 is 1.79 bits per heavy atom. The van der Waals surface area contributed by atoms with Crippen LogP contribution < -0.4 is 14.9 Å². The van der Waals surface area contributed by atoms with Gasteiger partial charge in [0.2, 0.25) is 10.0 Å². The minimum Gasteiger partial charge on any atom is -0.320 e. The van der Waals surface area contributed by atoms with E-state index in [4.69, 9.17) is 0 Å². The van der Waals surface area contributed by atoms with Crippen molar-refractivity contribution in [3.63, 3.8) is 0 Å². The largest absolute Gasteiger partial charge is 0.320 e. The number of pyridine rings is 1. The summed E-state index contributed by atoms with van der Waals surface area (Å²) in [6.45, 7) is 1.80. The third-order valence-electron chi connectivity index (χ3n) is 5.23. The number of aromatic nitrogens is 1. The Labute approximate surface area is 190 Å². The second kappa shape index (κ2) is 8.62. The van der Waals surface area contributed by atoms with E-state index in [-0.39, 0.29) is 28.7 Å². The van der Waals surface area contributed by atoms with E-state index in [0.29, 0.717) is 12.1 Å². The van der Waals surface area contributed by atoms with Crippen molar-refractivity contribution >= 4 is 38.9 Å². The SMILES string of the molecule is CC1Cc2cc(C(=O)Nc3cc(F)ccc3NC(=O)c3ccccn3)ccc2N1S(C)(=O)=O. The normalized spacial score (nSPS) is 15.1. The number of hydrogen-bond acceptors (Lipinski definition) is 5. The van der Waals surface area contributed by atoms with Gasteiger partial charge >= 0.3 is 0 Å². The standard InChI is InChI=1S/C23H21FN4O4S/c1-14-11-16-12-15(6-9-21(16)28(14)33(2,31)32)22(29)27-20-13-17(24)7-8-18(20)26-23(30)19-5-3-4-10-25-19/h3-10,12-14H,11H2,1-2H3,(H,26,30)(H,27,29). The lowest BCUT2D eigenvalue weighted by atomic mass is 10.1. The number of amides is 2. The number of carbonyl (C=O) groups is 2. The Morgan fingerprint density at radius 1 is 1.03 bits per heavy atom. The zero-order chi connectivity index (χ0) is 23.8. The van der Waals surface area contributed by atoms with Crippen LogP contribution in [0.25, 0.3) is 0 Å². The lowest BCUT2D eigenvalue weighted by Crippen LogP contribution is -2.34. The summed E-state index contributed by atoms with van der Waals surface area (Å²) in [4.78, 5) is 29.3. The Hall–Kier alpha value is -3.79. The summed E-state index contributed by atoms with van der Waals surface area (Å²) in [5.41, 5.74) is 2.00. The topological polar surface area (TPSA) is 108 Å². The number of fused-ring (bicyclic) bond motifs is 1. The molecule has 0 fully saturated rings. The predicted octanol–water partition coefficient (Wildman–Crippen LogP) is 3.44. The lowest BCUT2D eigenvalue weighted by Gasteiger charge is -2.22.